The average molecular weight is 310 g/mol. The van der Waals surface area contributed by atoms with E-state index in [-0.39, 0.29) is 11.8 Å². The van der Waals surface area contributed by atoms with E-state index in [1.165, 1.54) is 6.42 Å². The first kappa shape index (κ1) is 16.5. The van der Waals surface area contributed by atoms with Crippen molar-refractivity contribution in [3.63, 3.8) is 0 Å². The van der Waals surface area contributed by atoms with Crippen molar-refractivity contribution in [3.8, 4) is 0 Å². The van der Waals surface area contributed by atoms with Crippen LogP contribution in [0.1, 0.15) is 44.2 Å². The van der Waals surface area contributed by atoms with E-state index in [1.54, 1.807) is 0 Å². The van der Waals surface area contributed by atoms with Gasteiger partial charge in [-0.15, -0.1) is 0 Å². The Bertz CT molecular complexity index is 554. The molecule has 0 spiro atoms. The third-order valence-electron chi connectivity index (χ3n) is 4.65. The number of benzene rings is 1. The summed E-state index contributed by atoms with van der Waals surface area (Å²) in [5, 5.41) is 0. The molecule has 1 aliphatic rings. The highest BCUT2D eigenvalue weighted by atomic mass is 32.2. The Labute approximate surface area is 128 Å². The molecule has 1 aromatic carbocycles. The van der Waals surface area contributed by atoms with Gasteiger partial charge in [0.2, 0.25) is 10.0 Å². The van der Waals surface area contributed by atoms with Gasteiger partial charge in [-0.3, -0.25) is 0 Å². The fourth-order valence-electron chi connectivity index (χ4n) is 3.01. The molecule has 0 aromatic heterocycles. The van der Waals surface area contributed by atoms with Gasteiger partial charge in [0.1, 0.15) is 0 Å². The highest BCUT2D eigenvalue weighted by molar-refractivity contribution is 7.88. The lowest BCUT2D eigenvalue weighted by atomic mass is 9.78. The van der Waals surface area contributed by atoms with Gasteiger partial charge < -0.3 is 5.73 Å². The first-order chi connectivity index (χ1) is 9.91. The second kappa shape index (κ2) is 6.90. The number of nitrogens with two attached hydrogens (primary N) is 1. The maximum Gasteiger partial charge on any atom is 0.216 e. The first-order valence-corrected chi connectivity index (χ1v) is 9.34. The van der Waals surface area contributed by atoms with E-state index in [1.807, 2.05) is 24.3 Å². The number of hydrogen-bond acceptors (Lipinski definition) is 3. The number of sulfonamides is 1. The highest BCUT2D eigenvalue weighted by Gasteiger charge is 2.30. The van der Waals surface area contributed by atoms with E-state index in [4.69, 9.17) is 5.73 Å². The van der Waals surface area contributed by atoms with Crippen molar-refractivity contribution in [3.05, 3.63) is 35.4 Å². The summed E-state index contributed by atoms with van der Waals surface area (Å²) in [6.45, 7) is 4.83. The van der Waals surface area contributed by atoms with Crippen molar-refractivity contribution >= 4 is 10.0 Å². The lowest BCUT2D eigenvalue weighted by molar-refractivity contribution is 0.227. The molecule has 0 amide bonds. The molecule has 1 aliphatic carbocycles. The Balaban J connectivity index is 2.00. The van der Waals surface area contributed by atoms with E-state index >= 15 is 0 Å². The molecule has 0 radical (unpaired) electrons. The van der Waals surface area contributed by atoms with Gasteiger partial charge in [0.05, 0.1) is 5.75 Å². The maximum atomic E-state index is 12.3. The molecule has 1 saturated carbocycles. The molecule has 2 rings (SSSR count). The van der Waals surface area contributed by atoms with Crippen LogP contribution in [0.5, 0.6) is 0 Å². The van der Waals surface area contributed by atoms with Gasteiger partial charge in [0.25, 0.3) is 0 Å². The van der Waals surface area contributed by atoms with E-state index in [0.717, 1.165) is 24.0 Å². The molecule has 4 nitrogen and oxygen atoms in total. The van der Waals surface area contributed by atoms with E-state index in [2.05, 4.69) is 18.6 Å². The van der Waals surface area contributed by atoms with Crippen LogP contribution in [0, 0.1) is 11.8 Å². The summed E-state index contributed by atoms with van der Waals surface area (Å²) >= 11 is 0. The minimum atomic E-state index is -3.29. The fourth-order valence-corrected chi connectivity index (χ4v) is 4.52. The van der Waals surface area contributed by atoms with Crippen LogP contribution in [0.4, 0.5) is 0 Å². The lowest BCUT2D eigenvalue weighted by Crippen LogP contribution is -2.44. The summed E-state index contributed by atoms with van der Waals surface area (Å²) in [6, 6.07) is 7.52. The SMILES string of the molecule is CC1CCCC(NS(=O)(=O)Cc2ccc(CN)cc2)C1C. The van der Waals surface area contributed by atoms with Gasteiger partial charge >= 0.3 is 0 Å². The molecule has 118 valence electrons. The number of rotatable bonds is 5. The van der Waals surface area contributed by atoms with Crippen LogP contribution in [-0.4, -0.2) is 14.5 Å². The summed E-state index contributed by atoms with van der Waals surface area (Å²) in [6.07, 6.45) is 3.24. The van der Waals surface area contributed by atoms with E-state index in [0.29, 0.717) is 18.4 Å². The second-order valence-electron chi connectivity index (χ2n) is 6.27. The summed E-state index contributed by atoms with van der Waals surface area (Å²) in [5.74, 6) is 1.01. The lowest BCUT2D eigenvalue weighted by Gasteiger charge is -2.34. The zero-order chi connectivity index (χ0) is 15.5. The van der Waals surface area contributed by atoms with Crippen LogP contribution in [0.25, 0.3) is 0 Å². The monoisotopic (exact) mass is 310 g/mol. The van der Waals surface area contributed by atoms with Crippen molar-refractivity contribution in [2.45, 2.75) is 51.4 Å². The summed E-state index contributed by atoms with van der Waals surface area (Å²) < 4.78 is 27.6. The fraction of sp³-hybridized carbons (Fsp3) is 0.625. The Morgan fingerprint density at radius 3 is 2.38 bits per heavy atom. The molecule has 0 bridgehead atoms. The second-order valence-corrected chi connectivity index (χ2v) is 8.03. The molecular weight excluding hydrogens is 284 g/mol. The van der Waals surface area contributed by atoms with E-state index < -0.39 is 10.0 Å². The molecule has 21 heavy (non-hydrogen) atoms. The van der Waals surface area contributed by atoms with Crippen LogP contribution in [0.2, 0.25) is 0 Å². The van der Waals surface area contributed by atoms with Crippen LogP contribution in [0.3, 0.4) is 0 Å². The van der Waals surface area contributed by atoms with Crippen LogP contribution in [-0.2, 0) is 22.3 Å². The third-order valence-corrected chi connectivity index (χ3v) is 6.03. The molecule has 3 atom stereocenters. The molecule has 3 unspecified atom stereocenters. The third kappa shape index (κ3) is 4.53. The Hall–Kier alpha value is -0.910. The van der Waals surface area contributed by atoms with Crippen molar-refractivity contribution < 1.29 is 8.42 Å². The summed E-state index contributed by atoms with van der Waals surface area (Å²) in [5.41, 5.74) is 7.36. The quantitative estimate of drug-likeness (QED) is 0.877. The predicted octanol–water partition coefficient (Wildman–Crippen LogP) is 2.39. The topological polar surface area (TPSA) is 72.2 Å². The molecular formula is C16H26N2O2S. The normalized spacial score (nSPS) is 26.7. The minimum absolute atomic E-state index is 0.0372. The highest BCUT2D eigenvalue weighted by Crippen LogP contribution is 2.30. The van der Waals surface area contributed by atoms with Crippen LogP contribution >= 0.6 is 0 Å². The average Bonchev–Trinajstić information content (AvgIpc) is 2.44. The summed E-state index contributed by atoms with van der Waals surface area (Å²) in [7, 11) is -3.29. The molecule has 0 aliphatic heterocycles. The Morgan fingerprint density at radius 2 is 1.76 bits per heavy atom. The zero-order valence-electron chi connectivity index (χ0n) is 12.9. The zero-order valence-corrected chi connectivity index (χ0v) is 13.7. The van der Waals surface area contributed by atoms with Crippen LogP contribution < -0.4 is 10.5 Å². The molecule has 5 heteroatoms. The van der Waals surface area contributed by atoms with Crippen LogP contribution in [0.15, 0.2) is 24.3 Å². The first-order valence-electron chi connectivity index (χ1n) is 7.69. The maximum absolute atomic E-state index is 12.3. The standard InChI is InChI=1S/C16H26N2O2S/c1-12-4-3-5-16(13(12)2)18-21(19,20)11-15-8-6-14(10-17)7-9-15/h6-9,12-13,16,18H,3-5,10-11,17H2,1-2H3. The molecule has 1 aromatic rings. The van der Waals surface area contributed by atoms with Gasteiger partial charge in [0, 0.05) is 12.6 Å². The summed E-state index contributed by atoms with van der Waals surface area (Å²) in [4.78, 5) is 0. The van der Waals surface area contributed by atoms with Gasteiger partial charge in [0.15, 0.2) is 0 Å². The molecule has 0 saturated heterocycles. The Kier molecular flexibility index (Phi) is 5.41. The largest absolute Gasteiger partial charge is 0.326 e. The smallest absolute Gasteiger partial charge is 0.216 e. The number of nitrogens with one attached hydrogen (secondary N) is 1. The number of hydrogen-bond donors (Lipinski definition) is 2. The molecule has 1 fully saturated rings. The van der Waals surface area contributed by atoms with Gasteiger partial charge in [-0.1, -0.05) is 51.0 Å². The van der Waals surface area contributed by atoms with Crippen molar-refractivity contribution in [2.75, 3.05) is 0 Å². The van der Waals surface area contributed by atoms with Crippen molar-refractivity contribution in [1.82, 2.24) is 4.72 Å². The van der Waals surface area contributed by atoms with Gasteiger partial charge in [-0.05, 0) is 29.4 Å². The predicted molar refractivity (Wildman–Crippen MR) is 86.1 cm³/mol. The van der Waals surface area contributed by atoms with Crippen molar-refractivity contribution in [2.24, 2.45) is 17.6 Å². The Morgan fingerprint density at radius 1 is 1.14 bits per heavy atom. The van der Waals surface area contributed by atoms with Gasteiger partial charge in [-0.25, -0.2) is 13.1 Å². The molecule has 0 heterocycles. The van der Waals surface area contributed by atoms with E-state index in [9.17, 15) is 8.42 Å². The molecule has 3 N–H and O–H groups in total. The minimum Gasteiger partial charge on any atom is -0.326 e. The van der Waals surface area contributed by atoms with Gasteiger partial charge in [-0.2, -0.15) is 0 Å². The van der Waals surface area contributed by atoms with Crippen molar-refractivity contribution in [1.29, 1.82) is 0 Å².